The van der Waals surface area contributed by atoms with Gasteiger partial charge in [0, 0.05) is 25.7 Å². The monoisotopic (exact) mass is 242 g/mol. The second-order valence-electron chi connectivity index (χ2n) is 6.36. The molecule has 2 heteroatoms. The molecule has 104 valence electrons. The normalized spacial score (nSPS) is 15.9. The molecule has 2 nitrogen and oxygen atoms in total. The Morgan fingerprint density at radius 2 is 1.71 bits per heavy atom. The van der Waals surface area contributed by atoms with Crippen molar-refractivity contribution in [3.8, 4) is 0 Å². The average molecular weight is 242 g/mol. The largest absolute Gasteiger partial charge is 0.316 e. The van der Waals surface area contributed by atoms with Crippen LogP contribution in [0.4, 0.5) is 0 Å². The van der Waals surface area contributed by atoms with E-state index >= 15 is 0 Å². The zero-order valence-electron chi connectivity index (χ0n) is 13.1. The van der Waals surface area contributed by atoms with E-state index in [1.165, 1.54) is 19.5 Å². The Bertz CT molecular complexity index is 189. The molecule has 0 aliphatic heterocycles. The van der Waals surface area contributed by atoms with Gasteiger partial charge in [0.25, 0.3) is 0 Å². The Balaban J connectivity index is 4.46. The van der Waals surface area contributed by atoms with E-state index in [-0.39, 0.29) is 0 Å². The third-order valence-corrected chi connectivity index (χ3v) is 3.57. The highest BCUT2D eigenvalue weighted by Crippen LogP contribution is 2.23. The predicted molar refractivity (Wildman–Crippen MR) is 78.5 cm³/mol. The molecule has 0 aromatic carbocycles. The van der Waals surface area contributed by atoms with Crippen LogP contribution in [0.2, 0.25) is 0 Å². The molecule has 0 saturated carbocycles. The van der Waals surface area contributed by atoms with Gasteiger partial charge in [0.05, 0.1) is 0 Å². The van der Waals surface area contributed by atoms with Crippen molar-refractivity contribution in [3.63, 3.8) is 0 Å². The van der Waals surface area contributed by atoms with E-state index in [2.05, 4.69) is 58.7 Å². The molecule has 0 bridgehead atoms. The first-order valence-electron chi connectivity index (χ1n) is 7.29. The van der Waals surface area contributed by atoms with E-state index in [0.29, 0.717) is 11.5 Å². The van der Waals surface area contributed by atoms with Gasteiger partial charge >= 0.3 is 0 Å². The number of rotatable bonds is 9. The average Bonchev–Trinajstić information content (AvgIpc) is 2.25. The van der Waals surface area contributed by atoms with E-state index < -0.39 is 0 Å². The summed E-state index contributed by atoms with van der Waals surface area (Å²) in [6.45, 7) is 20.7. The van der Waals surface area contributed by atoms with Crippen molar-refractivity contribution in [2.75, 3.05) is 26.2 Å². The highest BCUT2D eigenvalue weighted by atomic mass is 15.2. The molecule has 0 radical (unpaired) electrons. The molecule has 1 unspecified atom stereocenters. The van der Waals surface area contributed by atoms with Gasteiger partial charge in [-0.1, -0.05) is 34.6 Å². The van der Waals surface area contributed by atoms with Gasteiger partial charge in [0.2, 0.25) is 0 Å². The van der Waals surface area contributed by atoms with Crippen LogP contribution in [0.5, 0.6) is 0 Å². The maximum atomic E-state index is 3.51. The first-order valence-corrected chi connectivity index (χ1v) is 7.29. The predicted octanol–water partition coefficient (Wildman–Crippen LogP) is 3.38. The Morgan fingerprint density at radius 1 is 1.12 bits per heavy atom. The lowest BCUT2D eigenvalue weighted by Gasteiger charge is -2.38. The molecule has 0 fully saturated rings. The van der Waals surface area contributed by atoms with Crippen molar-refractivity contribution in [2.45, 2.75) is 60.9 Å². The summed E-state index contributed by atoms with van der Waals surface area (Å²) in [7, 11) is 0. The summed E-state index contributed by atoms with van der Waals surface area (Å²) in [5.74, 6) is 0.748. The van der Waals surface area contributed by atoms with Crippen LogP contribution < -0.4 is 5.32 Å². The smallest absolute Gasteiger partial charge is 0.00502 e. The van der Waals surface area contributed by atoms with E-state index in [0.717, 1.165) is 19.0 Å². The first-order chi connectivity index (χ1) is 7.84. The quantitative estimate of drug-likeness (QED) is 0.667. The van der Waals surface area contributed by atoms with Crippen molar-refractivity contribution < 1.29 is 0 Å². The van der Waals surface area contributed by atoms with Gasteiger partial charge in [-0.25, -0.2) is 0 Å². The van der Waals surface area contributed by atoms with Crippen molar-refractivity contribution in [1.29, 1.82) is 0 Å². The van der Waals surface area contributed by atoms with Gasteiger partial charge in [-0.2, -0.15) is 0 Å². The third kappa shape index (κ3) is 7.05. The van der Waals surface area contributed by atoms with Crippen LogP contribution in [0.15, 0.2) is 0 Å². The van der Waals surface area contributed by atoms with Crippen molar-refractivity contribution >= 4 is 0 Å². The van der Waals surface area contributed by atoms with Gasteiger partial charge in [0.1, 0.15) is 0 Å². The second kappa shape index (κ2) is 8.10. The lowest BCUT2D eigenvalue weighted by molar-refractivity contribution is 0.115. The number of hydrogen-bond donors (Lipinski definition) is 1. The SMILES string of the molecule is CCNCC(C)(CC)CN(CC(C)C)C(C)C. The van der Waals surface area contributed by atoms with Crippen LogP contribution in [0.25, 0.3) is 0 Å². The Labute approximate surface area is 109 Å². The fraction of sp³-hybridized carbons (Fsp3) is 1.00. The fourth-order valence-corrected chi connectivity index (χ4v) is 2.14. The van der Waals surface area contributed by atoms with Crippen LogP contribution >= 0.6 is 0 Å². The molecule has 1 N–H and O–H groups in total. The molecule has 1 atom stereocenters. The van der Waals surface area contributed by atoms with Gasteiger partial charge in [-0.15, -0.1) is 0 Å². The zero-order valence-corrected chi connectivity index (χ0v) is 13.1. The van der Waals surface area contributed by atoms with Crippen LogP contribution in [-0.4, -0.2) is 37.1 Å². The highest BCUT2D eigenvalue weighted by molar-refractivity contribution is 4.81. The van der Waals surface area contributed by atoms with Crippen molar-refractivity contribution in [3.05, 3.63) is 0 Å². The molecule has 0 saturated heterocycles. The molecule has 0 heterocycles. The van der Waals surface area contributed by atoms with Gasteiger partial charge in [-0.05, 0) is 38.1 Å². The Kier molecular flexibility index (Phi) is 8.06. The van der Waals surface area contributed by atoms with E-state index in [1.54, 1.807) is 0 Å². The van der Waals surface area contributed by atoms with E-state index in [9.17, 15) is 0 Å². The lowest BCUT2D eigenvalue weighted by Crippen LogP contribution is -2.45. The van der Waals surface area contributed by atoms with Gasteiger partial charge < -0.3 is 10.2 Å². The number of nitrogens with one attached hydrogen (secondary N) is 1. The van der Waals surface area contributed by atoms with Gasteiger partial charge in [-0.3, -0.25) is 0 Å². The maximum Gasteiger partial charge on any atom is 0.00502 e. The molecular formula is C15H34N2. The standard InChI is InChI=1S/C15H34N2/c1-8-15(7,11-16-9-2)12-17(14(5)6)10-13(3)4/h13-14,16H,8-12H2,1-7H3. The van der Waals surface area contributed by atoms with Crippen LogP contribution in [0.3, 0.4) is 0 Å². The molecular weight excluding hydrogens is 208 g/mol. The summed E-state index contributed by atoms with van der Waals surface area (Å²) in [4.78, 5) is 2.63. The second-order valence-corrected chi connectivity index (χ2v) is 6.36. The summed E-state index contributed by atoms with van der Waals surface area (Å²) < 4.78 is 0. The van der Waals surface area contributed by atoms with Crippen LogP contribution in [-0.2, 0) is 0 Å². The summed E-state index contributed by atoms with van der Waals surface area (Å²) in [6.07, 6.45) is 1.24. The molecule has 0 aromatic rings. The molecule has 0 spiro atoms. The Hall–Kier alpha value is -0.0800. The van der Waals surface area contributed by atoms with Crippen LogP contribution in [0.1, 0.15) is 54.9 Å². The van der Waals surface area contributed by atoms with Crippen LogP contribution in [0, 0.1) is 11.3 Å². The Morgan fingerprint density at radius 3 is 2.06 bits per heavy atom. The third-order valence-electron chi connectivity index (χ3n) is 3.57. The van der Waals surface area contributed by atoms with Gasteiger partial charge in [0.15, 0.2) is 0 Å². The highest BCUT2D eigenvalue weighted by Gasteiger charge is 2.26. The zero-order chi connectivity index (χ0) is 13.5. The summed E-state index contributed by atoms with van der Waals surface area (Å²) in [5, 5.41) is 3.51. The fourth-order valence-electron chi connectivity index (χ4n) is 2.14. The molecule has 0 aliphatic carbocycles. The summed E-state index contributed by atoms with van der Waals surface area (Å²) in [6, 6.07) is 0.643. The maximum absolute atomic E-state index is 3.51. The van der Waals surface area contributed by atoms with E-state index in [4.69, 9.17) is 0 Å². The summed E-state index contributed by atoms with van der Waals surface area (Å²) in [5.41, 5.74) is 0.398. The number of nitrogens with zero attached hydrogens (tertiary/aromatic N) is 1. The topological polar surface area (TPSA) is 15.3 Å². The molecule has 0 aromatic heterocycles. The first kappa shape index (κ1) is 16.9. The van der Waals surface area contributed by atoms with E-state index in [1.807, 2.05) is 0 Å². The minimum Gasteiger partial charge on any atom is -0.316 e. The van der Waals surface area contributed by atoms with Crippen molar-refractivity contribution in [2.24, 2.45) is 11.3 Å². The molecule has 17 heavy (non-hydrogen) atoms. The molecule has 0 amide bonds. The molecule has 0 rings (SSSR count). The van der Waals surface area contributed by atoms with Crippen molar-refractivity contribution in [1.82, 2.24) is 10.2 Å². The summed E-state index contributed by atoms with van der Waals surface area (Å²) >= 11 is 0. The minimum atomic E-state index is 0.398. The number of hydrogen-bond acceptors (Lipinski definition) is 2. The minimum absolute atomic E-state index is 0.398. The molecule has 0 aliphatic rings. The lowest BCUT2D eigenvalue weighted by atomic mass is 9.86.